The molecule has 0 bridgehead atoms. The lowest BCUT2D eigenvalue weighted by atomic mass is 9.94. The average molecular weight is 541 g/mol. The molecule has 8 nitrogen and oxygen atoms in total. The predicted octanol–water partition coefficient (Wildman–Crippen LogP) is 5.43. The van der Waals surface area contributed by atoms with Crippen LogP contribution in [0.4, 0.5) is 0 Å². The highest BCUT2D eigenvalue weighted by Gasteiger charge is 2.23. The monoisotopic (exact) mass is 540 g/mol. The van der Waals surface area contributed by atoms with E-state index in [1.807, 2.05) is 43.3 Å². The lowest BCUT2D eigenvalue weighted by Gasteiger charge is -2.24. The molecule has 8 heteroatoms. The van der Waals surface area contributed by atoms with Crippen molar-refractivity contribution in [3.8, 4) is 16.9 Å². The zero-order valence-corrected chi connectivity index (χ0v) is 22.3. The molecule has 0 saturated heterocycles. The van der Waals surface area contributed by atoms with Gasteiger partial charge in [-0.15, -0.1) is 0 Å². The number of ether oxygens (including phenoxy) is 1. The summed E-state index contributed by atoms with van der Waals surface area (Å²) in [5.74, 6) is -0.229. The number of carbonyl (C=O) groups excluding carboxylic acids is 2. The minimum atomic E-state index is -0.987. The summed E-state index contributed by atoms with van der Waals surface area (Å²) in [4.78, 5) is 40.1. The first-order valence-corrected chi connectivity index (χ1v) is 13.2. The van der Waals surface area contributed by atoms with E-state index in [-0.39, 0.29) is 31.3 Å². The summed E-state index contributed by atoms with van der Waals surface area (Å²) >= 11 is 0. The van der Waals surface area contributed by atoms with Crippen LogP contribution in [0.1, 0.15) is 45.4 Å². The van der Waals surface area contributed by atoms with Gasteiger partial charge in [0, 0.05) is 24.2 Å². The van der Waals surface area contributed by atoms with Crippen LogP contribution in [0.3, 0.4) is 0 Å². The second kappa shape index (κ2) is 13.8. The first-order chi connectivity index (χ1) is 19.5. The molecule has 4 aromatic rings. The molecule has 0 aliphatic carbocycles. The van der Waals surface area contributed by atoms with Crippen molar-refractivity contribution in [1.82, 2.24) is 10.2 Å². The largest absolute Gasteiger partial charge is 0.494 e. The van der Waals surface area contributed by atoms with Crippen molar-refractivity contribution in [3.05, 3.63) is 114 Å². The van der Waals surface area contributed by atoms with Crippen LogP contribution in [0.25, 0.3) is 11.1 Å². The molecule has 0 fully saturated rings. The molecular weight excluding hydrogens is 508 g/mol. The number of rotatable bonds is 13. The molecule has 2 N–H and O–H groups in total. The lowest BCUT2D eigenvalue weighted by molar-refractivity contribution is -0.137. The van der Waals surface area contributed by atoms with Gasteiger partial charge in [0.05, 0.1) is 25.8 Å². The van der Waals surface area contributed by atoms with E-state index in [9.17, 15) is 19.5 Å². The van der Waals surface area contributed by atoms with Crippen LogP contribution in [0.5, 0.6) is 5.75 Å². The number of para-hydroxylation sites is 1. The van der Waals surface area contributed by atoms with Gasteiger partial charge in [0.2, 0.25) is 0 Å². The summed E-state index contributed by atoms with van der Waals surface area (Å²) in [5, 5.41) is 12.2. The number of carboxylic acid groups (broad SMARTS) is 1. The number of furan rings is 1. The van der Waals surface area contributed by atoms with Crippen molar-refractivity contribution in [3.63, 3.8) is 0 Å². The fourth-order valence-corrected chi connectivity index (χ4v) is 4.47. The van der Waals surface area contributed by atoms with Gasteiger partial charge in [-0.1, -0.05) is 54.6 Å². The van der Waals surface area contributed by atoms with Gasteiger partial charge in [0.15, 0.2) is 0 Å². The number of carbonyl (C=O) groups is 3. The minimum absolute atomic E-state index is 0.0462. The molecular formula is C32H32N2O6. The highest BCUT2D eigenvalue weighted by atomic mass is 16.5. The summed E-state index contributed by atoms with van der Waals surface area (Å²) in [7, 11) is 0. The Morgan fingerprint density at radius 2 is 1.52 bits per heavy atom. The molecule has 0 aliphatic rings. The van der Waals surface area contributed by atoms with E-state index in [1.165, 1.54) is 0 Å². The Bertz CT molecular complexity index is 1450. The maximum Gasteiger partial charge on any atom is 0.305 e. The quantitative estimate of drug-likeness (QED) is 0.234. The summed E-state index contributed by atoms with van der Waals surface area (Å²) in [5.41, 5.74) is 2.92. The van der Waals surface area contributed by atoms with E-state index in [0.29, 0.717) is 47.6 Å². The Morgan fingerprint density at radius 1 is 0.850 bits per heavy atom. The third-order valence-electron chi connectivity index (χ3n) is 6.43. The van der Waals surface area contributed by atoms with Gasteiger partial charge in [-0.25, -0.2) is 0 Å². The summed E-state index contributed by atoms with van der Waals surface area (Å²) < 4.78 is 11.0. The number of hydrogen-bond acceptors (Lipinski definition) is 5. The van der Waals surface area contributed by atoms with Crippen LogP contribution in [-0.2, 0) is 17.8 Å². The van der Waals surface area contributed by atoms with Crippen LogP contribution in [0.15, 0.2) is 95.6 Å². The second-order valence-electron chi connectivity index (χ2n) is 9.08. The third kappa shape index (κ3) is 7.17. The zero-order chi connectivity index (χ0) is 28.3. The topological polar surface area (TPSA) is 109 Å². The summed E-state index contributed by atoms with van der Waals surface area (Å²) in [6, 6.07) is 25.3. The van der Waals surface area contributed by atoms with Gasteiger partial charge in [-0.2, -0.15) is 0 Å². The zero-order valence-electron chi connectivity index (χ0n) is 22.3. The standard InChI is InChI=1S/C32H32N2O6/c1-2-39-29-16-8-3-10-23(29)17-19-34(20-18-30(35)36)32(38)28-15-7-5-13-26(28)25-12-4-6-14-27(25)31(37)33-22-24-11-9-21-40-24/h3-16,21H,2,17-20,22H2,1H3,(H,33,37)(H,35,36). The van der Waals surface area contributed by atoms with Gasteiger partial charge in [-0.05, 0) is 60.4 Å². The Labute approximate surface area is 233 Å². The predicted molar refractivity (Wildman–Crippen MR) is 151 cm³/mol. The molecule has 2 amide bonds. The highest BCUT2D eigenvalue weighted by Crippen LogP contribution is 2.29. The van der Waals surface area contributed by atoms with Crippen molar-refractivity contribution < 1.29 is 28.6 Å². The van der Waals surface area contributed by atoms with Crippen LogP contribution < -0.4 is 10.1 Å². The van der Waals surface area contributed by atoms with Gasteiger partial charge in [0.1, 0.15) is 11.5 Å². The Morgan fingerprint density at radius 3 is 2.23 bits per heavy atom. The summed E-state index contributed by atoms with van der Waals surface area (Å²) in [6.45, 7) is 3.00. The van der Waals surface area contributed by atoms with Crippen LogP contribution >= 0.6 is 0 Å². The molecule has 0 saturated carbocycles. The SMILES string of the molecule is CCOc1ccccc1CCN(CCC(=O)O)C(=O)c1ccccc1-c1ccccc1C(=O)NCc1ccco1. The fourth-order valence-electron chi connectivity index (χ4n) is 4.47. The molecule has 1 aromatic heterocycles. The van der Waals surface area contributed by atoms with Gasteiger partial charge in [0.25, 0.3) is 11.8 Å². The number of carboxylic acids is 1. The average Bonchev–Trinajstić information content (AvgIpc) is 3.50. The Kier molecular flexibility index (Phi) is 9.72. The molecule has 0 aliphatic heterocycles. The number of amides is 2. The highest BCUT2D eigenvalue weighted by molar-refractivity contribution is 6.06. The molecule has 0 radical (unpaired) electrons. The van der Waals surface area contributed by atoms with Crippen molar-refractivity contribution in [2.45, 2.75) is 26.3 Å². The normalized spacial score (nSPS) is 10.6. The van der Waals surface area contributed by atoms with E-state index < -0.39 is 5.97 Å². The van der Waals surface area contributed by atoms with E-state index in [1.54, 1.807) is 59.7 Å². The molecule has 0 unspecified atom stereocenters. The third-order valence-corrected chi connectivity index (χ3v) is 6.43. The molecule has 206 valence electrons. The van der Waals surface area contributed by atoms with Gasteiger partial charge < -0.3 is 24.5 Å². The Hall–Kier alpha value is -4.85. The number of nitrogens with one attached hydrogen (secondary N) is 1. The Balaban J connectivity index is 1.61. The van der Waals surface area contributed by atoms with E-state index in [4.69, 9.17) is 9.15 Å². The number of benzene rings is 3. The van der Waals surface area contributed by atoms with Crippen molar-refractivity contribution >= 4 is 17.8 Å². The molecule has 0 atom stereocenters. The van der Waals surface area contributed by atoms with Crippen molar-refractivity contribution in [1.29, 1.82) is 0 Å². The van der Waals surface area contributed by atoms with Crippen LogP contribution in [0, 0.1) is 0 Å². The molecule has 4 rings (SSSR count). The number of hydrogen-bond donors (Lipinski definition) is 2. The van der Waals surface area contributed by atoms with Crippen LogP contribution in [-0.4, -0.2) is 47.5 Å². The van der Waals surface area contributed by atoms with E-state index in [0.717, 1.165) is 11.3 Å². The maximum atomic E-state index is 13.9. The smallest absolute Gasteiger partial charge is 0.305 e. The second-order valence-corrected chi connectivity index (χ2v) is 9.08. The number of aliphatic carboxylic acids is 1. The van der Waals surface area contributed by atoms with Gasteiger partial charge in [-0.3, -0.25) is 14.4 Å². The maximum absolute atomic E-state index is 13.9. The molecule has 3 aromatic carbocycles. The van der Waals surface area contributed by atoms with Gasteiger partial charge >= 0.3 is 5.97 Å². The van der Waals surface area contributed by atoms with E-state index >= 15 is 0 Å². The summed E-state index contributed by atoms with van der Waals surface area (Å²) in [6.07, 6.45) is 1.85. The number of nitrogens with zero attached hydrogens (tertiary/aromatic N) is 1. The minimum Gasteiger partial charge on any atom is -0.494 e. The fraction of sp³-hybridized carbons (Fsp3) is 0.219. The van der Waals surface area contributed by atoms with Crippen LogP contribution in [0.2, 0.25) is 0 Å². The first-order valence-electron chi connectivity index (χ1n) is 13.2. The molecule has 0 spiro atoms. The molecule has 1 heterocycles. The molecule has 40 heavy (non-hydrogen) atoms. The van der Waals surface area contributed by atoms with E-state index in [2.05, 4.69) is 5.32 Å². The lowest BCUT2D eigenvalue weighted by Crippen LogP contribution is -2.35. The van der Waals surface area contributed by atoms with Crippen molar-refractivity contribution in [2.75, 3.05) is 19.7 Å². The first kappa shape index (κ1) is 28.2. The van der Waals surface area contributed by atoms with Crippen molar-refractivity contribution in [2.24, 2.45) is 0 Å².